The van der Waals surface area contributed by atoms with Crippen LogP contribution in [0, 0.1) is 0 Å². The first kappa shape index (κ1) is 14.2. The molecule has 0 aromatic heterocycles. The Labute approximate surface area is 90.6 Å². The molecular formula is C10H20O5. The van der Waals surface area contributed by atoms with E-state index in [9.17, 15) is 0 Å². The quantitative estimate of drug-likeness (QED) is 0.343. The summed E-state index contributed by atoms with van der Waals surface area (Å²) in [6, 6.07) is 0. The fourth-order valence-corrected chi connectivity index (χ4v) is 0.883. The van der Waals surface area contributed by atoms with Gasteiger partial charge in [-0.3, -0.25) is 0 Å². The Bertz CT molecular complexity index is 149. The van der Waals surface area contributed by atoms with Gasteiger partial charge in [0.2, 0.25) is 0 Å². The van der Waals surface area contributed by atoms with Gasteiger partial charge in [0.25, 0.3) is 0 Å². The minimum atomic E-state index is -0.350. The van der Waals surface area contributed by atoms with Crippen LogP contribution in [0.5, 0.6) is 0 Å². The van der Waals surface area contributed by atoms with Crippen LogP contribution in [0.2, 0.25) is 0 Å². The first-order chi connectivity index (χ1) is 7.35. The molecule has 1 atom stereocenters. The standard InChI is InChI=1S/C10H20O5/c1-3-12-9-10(14-4-2)15-8-7-13-6-5-11/h5-6,10-11H,3-4,7-9H2,1-2H3. The summed E-state index contributed by atoms with van der Waals surface area (Å²) in [6.07, 6.45) is 1.68. The lowest BCUT2D eigenvalue weighted by Gasteiger charge is -2.17. The predicted molar refractivity (Wildman–Crippen MR) is 55.6 cm³/mol. The van der Waals surface area contributed by atoms with Crippen molar-refractivity contribution in [1.82, 2.24) is 0 Å². The molecule has 0 aliphatic heterocycles. The van der Waals surface area contributed by atoms with E-state index in [1.54, 1.807) is 0 Å². The summed E-state index contributed by atoms with van der Waals surface area (Å²) in [5.41, 5.74) is 0. The molecule has 0 heterocycles. The van der Waals surface area contributed by atoms with E-state index in [0.29, 0.717) is 33.0 Å². The molecule has 0 aliphatic rings. The molecule has 1 unspecified atom stereocenters. The molecule has 0 saturated heterocycles. The molecule has 5 nitrogen and oxygen atoms in total. The molecule has 0 radical (unpaired) electrons. The van der Waals surface area contributed by atoms with Crippen LogP contribution < -0.4 is 0 Å². The SMILES string of the molecule is CCOCC(OCC)OCCOC=CO. The van der Waals surface area contributed by atoms with Gasteiger partial charge in [-0.15, -0.1) is 0 Å². The van der Waals surface area contributed by atoms with Crippen molar-refractivity contribution in [2.75, 3.05) is 33.0 Å². The van der Waals surface area contributed by atoms with Gasteiger partial charge in [0.1, 0.15) is 19.1 Å². The highest BCUT2D eigenvalue weighted by Crippen LogP contribution is 1.96. The van der Waals surface area contributed by atoms with Crippen LogP contribution in [0.1, 0.15) is 13.8 Å². The summed E-state index contributed by atoms with van der Waals surface area (Å²) >= 11 is 0. The molecule has 5 heteroatoms. The van der Waals surface area contributed by atoms with Crippen molar-refractivity contribution in [2.24, 2.45) is 0 Å². The lowest BCUT2D eigenvalue weighted by atomic mass is 10.6. The van der Waals surface area contributed by atoms with Crippen molar-refractivity contribution in [1.29, 1.82) is 0 Å². The number of aliphatic hydroxyl groups excluding tert-OH is 1. The highest BCUT2D eigenvalue weighted by Gasteiger charge is 2.07. The molecule has 0 rings (SSSR count). The zero-order chi connectivity index (χ0) is 11.4. The molecule has 15 heavy (non-hydrogen) atoms. The zero-order valence-corrected chi connectivity index (χ0v) is 9.35. The van der Waals surface area contributed by atoms with Crippen LogP contribution in [-0.2, 0) is 18.9 Å². The van der Waals surface area contributed by atoms with Crippen molar-refractivity contribution in [2.45, 2.75) is 20.1 Å². The molecular weight excluding hydrogens is 200 g/mol. The van der Waals surface area contributed by atoms with Crippen LogP contribution in [-0.4, -0.2) is 44.4 Å². The number of hydrogen-bond donors (Lipinski definition) is 1. The van der Waals surface area contributed by atoms with Crippen molar-refractivity contribution >= 4 is 0 Å². The van der Waals surface area contributed by atoms with Gasteiger partial charge < -0.3 is 24.1 Å². The normalized spacial score (nSPS) is 13.2. The maximum atomic E-state index is 8.28. The van der Waals surface area contributed by atoms with E-state index in [1.807, 2.05) is 13.8 Å². The number of hydrogen-bond acceptors (Lipinski definition) is 5. The lowest BCUT2D eigenvalue weighted by molar-refractivity contribution is -0.173. The highest BCUT2D eigenvalue weighted by atomic mass is 16.7. The maximum absolute atomic E-state index is 8.28. The minimum absolute atomic E-state index is 0.350. The third-order valence-electron chi connectivity index (χ3n) is 1.47. The lowest BCUT2D eigenvalue weighted by Crippen LogP contribution is -2.25. The van der Waals surface area contributed by atoms with E-state index < -0.39 is 0 Å². The first-order valence-electron chi connectivity index (χ1n) is 5.06. The van der Waals surface area contributed by atoms with Crippen molar-refractivity contribution in [3.63, 3.8) is 0 Å². The van der Waals surface area contributed by atoms with Gasteiger partial charge in [0.05, 0.1) is 13.2 Å². The monoisotopic (exact) mass is 220 g/mol. The molecule has 1 N–H and O–H groups in total. The first-order valence-corrected chi connectivity index (χ1v) is 5.06. The van der Waals surface area contributed by atoms with Crippen LogP contribution in [0.4, 0.5) is 0 Å². The highest BCUT2D eigenvalue weighted by molar-refractivity contribution is 4.56. The Morgan fingerprint density at radius 1 is 1.13 bits per heavy atom. The van der Waals surface area contributed by atoms with Gasteiger partial charge in [0, 0.05) is 13.2 Å². The van der Waals surface area contributed by atoms with E-state index >= 15 is 0 Å². The summed E-state index contributed by atoms with van der Waals surface area (Å²) in [6.45, 7) is 6.20. The molecule has 0 fully saturated rings. The van der Waals surface area contributed by atoms with Crippen molar-refractivity contribution < 1.29 is 24.1 Å². The summed E-state index contributed by atoms with van der Waals surface area (Å²) in [7, 11) is 0. The Morgan fingerprint density at radius 2 is 1.93 bits per heavy atom. The van der Waals surface area contributed by atoms with Gasteiger partial charge >= 0.3 is 0 Å². The van der Waals surface area contributed by atoms with E-state index in [4.69, 9.17) is 24.1 Å². The maximum Gasteiger partial charge on any atom is 0.180 e. The molecule has 0 aliphatic carbocycles. The van der Waals surface area contributed by atoms with Gasteiger partial charge in [-0.05, 0) is 13.8 Å². The smallest absolute Gasteiger partial charge is 0.180 e. The number of ether oxygens (including phenoxy) is 4. The minimum Gasteiger partial charge on any atom is -0.512 e. The van der Waals surface area contributed by atoms with Gasteiger partial charge in [-0.25, -0.2) is 0 Å². The molecule has 0 saturated carbocycles. The fraction of sp³-hybridized carbons (Fsp3) is 0.800. The fourth-order valence-electron chi connectivity index (χ4n) is 0.883. The largest absolute Gasteiger partial charge is 0.512 e. The second kappa shape index (κ2) is 11.3. The molecule has 90 valence electrons. The summed E-state index contributed by atoms with van der Waals surface area (Å²) in [5, 5.41) is 8.28. The molecule has 0 bridgehead atoms. The molecule has 0 aromatic carbocycles. The summed E-state index contributed by atoms with van der Waals surface area (Å²) in [5.74, 6) is 0. The topological polar surface area (TPSA) is 57.2 Å². The van der Waals surface area contributed by atoms with Crippen LogP contribution >= 0.6 is 0 Å². The van der Waals surface area contributed by atoms with Crippen molar-refractivity contribution in [3.8, 4) is 0 Å². The van der Waals surface area contributed by atoms with Crippen molar-refractivity contribution in [3.05, 3.63) is 12.5 Å². The number of rotatable bonds is 10. The summed E-state index contributed by atoms with van der Waals surface area (Å²) < 4.78 is 20.7. The third kappa shape index (κ3) is 9.52. The molecule has 0 aromatic rings. The third-order valence-corrected chi connectivity index (χ3v) is 1.47. The Hall–Kier alpha value is -0.780. The molecule has 0 amide bonds. The van der Waals surface area contributed by atoms with Gasteiger partial charge in [0.15, 0.2) is 6.29 Å². The Balaban J connectivity index is 3.46. The second-order valence-corrected chi connectivity index (χ2v) is 2.57. The van der Waals surface area contributed by atoms with E-state index in [1.165, 1.54) is 6.26 Å². The average molecular weight is 220 g/mol. The average Bonchev–Trinajstić information content (AvgIpc) is 2.25. The van der Waals surface area contributed by atoms with Gasteiger partial charge in [-0.1, -0.05) is 0 Å². The van der Waals surface area contributed by atoms with Gasteiger partial charge in [-0.2, -0.15) is 0 Å². The predicted octanol–water partition coefficient (Wildman–Crippen LogP) is 1.45. The summed E-state index contributed by atoms with van der Waals surface area (Å²) in [4.78, 5) is 0. The van der Waals surface area contributed by atoms with E-state index in [2.05, 4.69) is 0 Å². The van der Waals surface area contributed by atoms with E-state index in [-0.39, 0.29) is 6.29 Å². The second-order valence-electron chi connectivity index (χ2n) is 2.57. The Kier molecular flexibility index (Phi) is 10.7. The van der Waals surface area contributed by atoms with Crippen LogP contribution in [0.15, 0.2) is 12.5 Å². The van der Waals surface area contributed by atoms with Crippen LogP contribution in [0.25, 0.3) is 0 Å². The van der Waals surface area contributed by atoms with Crippen LogP contribution in [0.3, 0.4) is 0 Å². The zero-order valence-electron chi connectivity index (χ0n) is 9.35. The number of aliphatic hydroxyl groups is 1. The van der Waals surface area contributed by atoms with E-state index in [0.717, 1.165) is 6.26 Å². The molecule has 0 spiro atoms. The Morgan fingerprint density at radius 3 is 2.53 bits per heavy atom.